The highest BCUT2D eigenvalue weighted by atomic mass is 19.1. The van der Waals surface area contributed by atoms with Crippen LogP contribution in [0, 0.1) is 15.9 Å². The van der Waals surface area contributed by atoms with Crippen LogP contribution in [-0.2, 0) is 4.74 Å². The number of nitrogen functional groups attached to an aromatic ring is 1. The molecular formula is C8H7FN2O4. The van der Waals surface area contributed by atoms with Crippen LogP contribution in [0.1, 0.15) is 10.4 Å². The van der Waals surface area contributed by atoms with Crippen molar-refractivity contribution >= 4 is 17.3 Å². The van der Waals surface area contributed by atoms with Crippen molar-refractivity contribution in [2.24, 2.45) is 0 Å². The Balaban J connectivity index is 3.46. The Morgan fingerprint density at radius 2 is 2.20 bits per heavy atom. The third-order valence-electron chi connectivity index (χ3n) is 1.70. The fraction of sp³-hybridized carbons (Fsp3) is 0.125. The number of nitrogens with two attached hydrogens (primary N) is 1. The fourth-order valence-electron chi connectivity index (χ4n) is 1.08. The zero-order chi connectivity index (χ0) is 11.6. The maximum absolute atomic E-state index is 12.8. The van der Waals surface area contributed by atoms with Crippen LogP contribution in [0.3, 0.4) is 0 Å². The molecule has 1 aromatic carbocycles. The quantitative estimate of drug-likeness (QED) is 0.344. The molecule has 0 aliphatic heterocycles. The molecule has 0 bridgehead atoms. The van der Waals surface area contributed by atoms with Crippen molar-refractivity contribution in [3.63, 3.8) is 0 Å². The minimum absolute atomic E-state index is 0.325. The second kappa shape index (κ2) is 3.91. The van der Waals surface area contributed by atoms with Gasteiger partial charge in [0.15, 0.2) is 5.56 Å². The van der Waals surface area contributed by atoms with Crippen molar-refractivity contribution in [3.8, 4) is 0 Å². The average Bonchev–Trinajstić information content (AvgIpc) is 2.15. The van der Waals surface area contributed by atoms with Crippen molar-refractivity contribution in [1.82, 2.24) is 0 Å². The summed E-state index contributed by atoms with van der Waals surface area (Å²) in [5.74, 6) is -1.86. The SMILES string of the molecule is COC(=O)c1c(N)cc(F)cc1[N+](=O)[O-]. The number of hydrogen-bond acceptors (Lipinski definition) is 5. The number of carbonyl (C=O) groups is 1. The molecule has 0 spiro atoms. The fourth-order valence-corrected chi connectivity index (χ4v) is 1.08. The summed E-state index contributed by atoms with van der Waals surface area (Å²) in [5, 5.41) is 10.5. The number of nitro groups is 1. The third kappa shape index (κ3) is 2.01. The summed E-state index contributed by atoms with van der Waals surface area (Å²) in [6.07, 6.45) is 0. The number of ether oxygens (including phenoxy) is 1. The summed E-state index contributed by atoms with van der Waals surface area (Å²) in [6, 6.07) is 1.43. The van der Waals surface area contributed by atoms with Gasteiger partial charge in [0.25, 0.3) is 5.69 Å². The molecule has 2 N–H and O–H groups in total. The van der Waals surface area contributed by atoms with Crippen LogP contribution in [0.5, 0.6) is 0 Å². The lowest BCUT2D eigenvalue weighted by Crippen LogP contribution is -2.09. The third-order valence-corrected chi connectivity index (χ3v) is 1.70. The van der Waals surface area contributed by atoms with Gasteiger partial charge >= 0.3 is 5.97 Å². The van der Waals surface area contributed by atoms with Gasteiger partial charge in [0.1, 0.15) is 5.82 Å². The Hall–Kier alpha value is -2.18. The summed E-state index contributed by atoms with van der Waals surface area (Å²) >= 11 is 0. The van der Waals surface area contributed by atoms with Crippen LogP contribution in [0.15, 0.2) is 12.1 Å². The summed E-state index contributed by atoms with van der Waals surface area (Å²) in [6.45, 7) is 0. The van der Waals surface area contributed by atoms with E-state index in [1.54, 1.807) is 0 Å². The molecule has 80 valence electrons. The number of anilines is 1. The van der Waals surface area contributed by atoms with E-state index in [1.807, 2.05) is 0 Å². The van der Waals surface area contributed by atoms with Crippen LogP contribution in [-0.4, -0.2) is 18.0 Å². The van der Waals surface area contributed by atoms with Crippen molar-refractivity contribution < 1.29 is 18.8 Å². The maximum atomic E-state index is 12.8. The molecule has 0 radical (unpaired) electrons. The molecule has 6 nitrogen and oxygen atoms in total. The molecule has 0 saturated carbocycles. The first-order valence-corrected chi connectivity index (χ1v) is 3.79. The van der Waals surface area contributed by atoms with Crippen molar-refractivity contribution in [1.29, 1.82) is 0 Å². The zero-order valence-electron chi connectivity index (χ0n) is 7.69. The zero-order valence-corrected chi connectivity index (χ0v) is 7.69. The van der Waals surface area contributed by atoms with Crippen molar-refractivity contribution in [2.75, 3.05) is 12.8 Å². The van der Waals surface area contributed by atoms with Gasteiger partial charge in [-0.3, -0.25) is 10.1 Å². The van der Waals surface area contributed by atoms with Crippen LogP contribution in [0.4, 0.5) is 15.8 Å². The van der Waals surface area contributed by atoms with Crippen LogP contribution in [0.25, 0.3) is 0 Å². The highest BCUT2D eigenvalue weighted by molar-refractivity contribution is 5.99. The number of nitrogens with zero attached hydrogens (tertiary/aromatic N) is 1. The monoisotopic (exact) mass is 214 g/mol. The van der Waals surface area contributed by atoms with Crippen molar-refractivity contribution in [3.05, 3.63) is 33.6 Å². The van der Waals surface area contributed by atoms with E-state index in [0.717, 1.165) is 13.2 Å². The molecule has 7 heteroatoms. The first kappa shape index (κ1) is 10.9. The van der Waals surface area contributed by atoms with E-state index in [4.69, 9.17) is 5.73 Å². The van der Waals surface area contributed by atoms with Crippen molar-refractivity contribution in [2.45, 2.75) is 0 Å². The first-order chi connectivity index (χ1) is 6.97. The molecule has 0 heterocycles. The predicted molar refractivity (Wildman–Crippen MR) is 48.8 cm³/mol. The standard InChI is InChI=1S/C8H7FN2O4/c1-15-8(12)7-5(10)2-4(9)3-6(7)11(13)14/h2-3H,10H2,1H3. The molecule has 0 aliphatic carbocycles. The molecule has 0 aliphatic rings. The highest BCUT2D eigenvalue weighted by Gasteiger charge is 2.25. The van der Waals surface area contributed by atoms with Gasteiger partial charge in [-0.05, 0) is 6.07 Å². The van der Waals surface area contributed by atoms with Gasteiger partial charge in [0.05, 0.1) is 23.8 Å². The van der Waals surface area contributed by atoms with E-state index in [9.17, 15) is 19.3 Å². The molecule has 15 heavy (non-hydrogen) atoms. The number of carbonyl (C=O) groups excluding carboxylic acids is 1. The molecule has 0 aromatic heterocycles. The normalized spacial score (nSPS) is 9.73. The van der Waals surface area contributed by atoms with E-state index in [0.29, 0.717) is 6.07 Å². The Kier molecular flexibility index (Phi) is 2.84. The molecule has 0 atom stereocenters. The lowest BCUT2D eigenvalue weighted by molar-refractivity contribution is -0.385. The van der Waals surface area contributed by atoms with E-state index < -0.39 is 28.0 Å². The lowest BCUT2D eigenvalue weighted by atomic mass is 10.1. The molecule has 1 aromatic rings. The van der Waals surface area contributed by atoms with Gasteiger partial charge in [-0.2, -0.15) is 0 Å². The Bertz CT molecular complexity index is 433. The van der Waals surface area contributed by atoms with Gasteiger partial charge in [0, 0.05) is 0 Å². The minimum Gasteiger partial charge on any atom is -0.465 e. The largest absolute Gasteiger partial charge is 0.465 e. The highest BCUT2D eigenvalue weighted by Crippen LogP contribution is 2.26. The lowest BCUT2D eigenvalue weighted by Gasteiger charge is -2.04. The number of nitro benzene ring substituents is 1. The number of halogens is 1. The number of hydrogen-bond donors (Lipinski definition) is 1. The summed E-state index contributed by atoms with van der Waals surface area (Å²) in [4.78, 5) is 20.8. The van der Waals surface area contributed by atoms with Gasteiger partial charge in [0.2, 0.25) is 0 Å². The number of methoxy groups -OCH3 is 1. The predicted octanol–water partition coefficient (Wildman–Crippen LogP) is 1.10. The number of benzene rings is 1. The molecule has 0 fully saturated rings. The summed E-state index contributed by atoms with van der Waals surface area (Å²) in [7, 11) is 1.05. The molecule has 0 unspecified atom stereocenters. The van der Waals surface area contributed by atoms with Crippen LogP contribution in [0.2, 0.25) is 0 Å². The Morgan fingerprint density at radius 1 is 1.60 bits per heavy atom. The second-order valence-corrected chi connectivity index (χ2v) is 2.64. The minimum atomic E-state index is -0.973. The number of esters is 1. The summed E-state index contributed by atoms with van der Waals surface area (Å²) < 4.78 is 17.1. The average molecular weight is 214 g/mol. The molecular weight excluding hydrogens is 207 g/mol. The topological polar surface area (TPSA) is 95.5 Å². The Morgan fingerprint density at radius 3 is 2.67 bits per heavy atom. The second-order valence-electron chi connectivity index (χ2n) is 2.64. The van der Waals surface area contributed by atoms with E-state index >= 15 is 0 Å². The van der Waals surface area contributed by atoms with Crippen LogP contribution >= 0.6 is 0 Å². The van der Waals surface area contributed by atoms with Gasteiger partial charge in [-0.1, -0.05) is 0 Å². The molecule has 1 rings (SSSR count). The van der Waals surface area contributed by atoms with Crippen LogP contribution < -0.4 is 5.73 Å². The van der Waals surface area contributed by atoms with Gasteiger partial charge < -0.3 is 10.5 Å². The molecule has 0 amide bonds. The smallest absolute Gasteiger partial charge is 0.347 e. The van der Waals surface area contributed by atoms with E-state index in [-0.39, 0.29) is 5.69 Å². The number of rotatable bonds is 2. The Labute approximate surface area is 83.6 Å². The van der Waals surface area contributed by atoms with E-state index in [2.05, 4.69) is 4.74 Å². The first-order valence-electron chi connectivity index (χ1n) is 3.79. The summed E-state index contributed by atoms with van der Waals surface area (Å²) in [5.41, 5.74) is 3.82. The van der Waals surface area contributed by atoms with Gasteiger partial charge in [-0.15, -0.1) is 0 Å². The maximum Gasteiger partial charge on any atom is 0.347 e. The van der Waals surface area contributed by atoms with E-state index in [1.165, 1.54) is 0 Å². The molecule has 0 saturated heterocycles. The van der Waals surface area contributed by atoms with Gasteiger partial charge in [-0.25, -0.2) is 9.18 Å².